The van der Waals surface area contributed by atoms with E-state index in [1.54, 1.807) is 0 Å². The van der Waals surface area contributed by atoms with Crippen molar-refractivity contribution in [3.05, 3.63) is 0 Å². The van der Waals surface area contributed by atoms with Crippen molar-refractivity contribution in [3.63, 3.8) is 0 Å². The second-order valence-electron chi connectivity index (χ2n) is 4.49. The Bertz CT molecular complexity index is 189. The van der Waals surface area contributed by atoms with Crippen LogP contribution in [0.5, 0.6) is 0 Å². The molecule has 1 aliphatic heterocycles. The van der Waals surface area contributed by atoms with Crippen LogP contribution in [0.15, 0.2) is 0 Å². The lowest BCUT2D eigenvalue weighted by molar-refractivity contribution is -0.135. The third-order valence-electron chi connectivity index (χ3n) is 2.83. The Labute approximate surface area is 100 Å². The second-order valence-corrected chi connectivity index (χ2v) is 4.49. The first-order chi connectivity index (χ1) is 8.08. The number of hydrogen-bond acceptors (Lipinski definition) is 2. The van der Waals surface area contributed by atoms with Crippen LogP contribution in [0.1, 0.15) is 44.9 Å². The molecule has 1 saturated heterocycles. The van der Waals surface area contributed by atoms with Crippen molar-refractivity contribution >= 4 is 0 Å². The molecule has 0 N–H and O–H groups in total. The summed E-state index contributed by atoms with van der Waals surface area (Å²) in [5, 5.41) is 0. The first-order valence-electron chi connectivity index (χ1n) is 6.34. The molecule has 17 heavy (non-hydrogen) atoms. The standard InChI is InChI=1S/C12H21F3O2/c13-12(14,15)7-3-1-2-4-8-16-10-11-6-5-9-17-11/h11H,1-10H2. The Kier molecular flexibility index (Phi) is 6.89. The third kappa shape index (κ3) is 8.44. The fraction of sp³-hybridized carbons (Fsp3) is 1.00. The van der Waals surface area contributed by atoms with Gasteiger partial charge in [0.25, 0.3) is 0 Å². The lowest BCUT2D eigenvalue weighted by Gasteiger charge is -2.10. The zero-order valence-corrected chi connectivity index (χ0v) is 10.1. The van der Waals surface area contributed by atoms with Gasteiger partial charge in [-0.25, -0.2) is 0 Å². The predicted molar refractivity (Wildman–Crippen MR) is 58.9 cm³/mol. The smallest absolute Gasteiger partial charge is 0.379 e. The van der Waals surface area contributed by atoms with Crippen LogP contribution in [0.25, 0.3) is 0 Å². The Morgan fingerprint density at radius 3 is 2.53 bits per heavy atom. The fourth-order valence-corrected chi connectivity index (χ4v) is 1.87. The highest BCUT2D eigenvalue weighted by atomic mass is 19.4. The molecule has 1 heterocycles. The molecule has 5 heteroatoms. The van der Waals surface area contributed by atoms with Gasteiger partial charge >= 0.3 is 6.18 Å². The number of halogens is 3. The van der Waals surface area contributed by atoms with Crippen LogP contribution in [0.4, 0.5) is 13.2 Å². The Hall–Kier alpha value is -0.290. The molecule has 0 aliphatic carbocycles. The lowest BCUT2D eigenvalue weighted by Crippen LogP contribution is -2.14. The first kappa shape index (κ1) is 14.8. The van der Waals surface area contributed by atoms with Crippen molar-refractivity contribution in [2.45, 2.75) is 57.2 Å². The van der Waals surface area contributed by atoms with E-state index in [-0.39, 0.29) is 12.5 Å². The van der Waals surface area contributed by atoms with Gasteiger partial charge in [0.2, 0.25) is 0 Å². The maximum Gasteiger partial charge on any atom is 0.389 e. The maximum atomic E-state index is 11.8. The maximum absolute atomic E-state index is 11.8. The van der Waals surface area contributed by atoms with Gasteiger partial charge in [0.15, 0.2) is 0 Å². The Balaban J connectivity index is 1.78. The molecular formula is C12H21F3O2. The van der Waals surface area contributed by atoms with Crippen molar-refractivity contribution in [2.75, 3.05) is 19.8 Å². The molecular weight excluding hydrogens is 233 g/mol. The van der Waals surface area contributed by atoms with Crippen molar-refractivity contribution in [1.29, 1.82) is 0 Å². The molecule has 1 aliphatic rings. The van der Waals surface area contributed by atoms with Crippen LogP contribution in [0, 0.1) is 0 Å². The molecule has 102 valence electrons. The van der Waals surface area contributed by atoms with Gasteiger partial charge in [0, 0.05) is 19.6 Å². The summed E-state index contributed by atoms with van der Waals surface area (Å²) < 4.78 is 46.3. The largest absolute Gasteiger partial charge is 0.389 e. The average Bonchev–Trinajstić information content (AvgIpc) is 2.73. The fourth-order valence-electron chi connectivity index (χ4n) is 1.87. The zero-order valence-electron chi connectivity index (χ0n) is 10.1. The summed E-state index contributed by atoms with van der Waals surface area (Å²) in [7, 11) is 0. The molecule has 0 aromatic heterocycles. The van der Waals surface area contributed by atoms with Gasteiger partial charge in [0.1, 0.15) is 0 Å². The molecule has 1 rings (SSSR count). The van der Waals surface area contributed by atoms with Crippen LogP contribution < -0.4 is 0 Å². The van der Waals surface area contributed by atoms with Crippen molar-refractivity contribution in [3.8, 4) is 0 Å². The first-order valence-corrected chi connectivity index (χ1v) is 6.34. The highest BCUT2D eigenvalue weighted by Crippen LogP contribution is 2.22. The molecule has 0 amide bonds. The number of alkyl halides is 3. The summed E-state index contributed by atoms with van der Waals surface area (Å²) in [5.74, 6) is 0. The average molecular weight is 254 g/mol. The minimum absolute atomic E-state index is 0.231. The molecule has 1 fully saturated rings. The van der Waals surface area contributed by atoms with E-state index in [1.807, 2.05) is 0 Å². The number of ether oxygens (including phenoxy) is 2. The number of hydrogen-bond donors (Lipinski definition) is 0. The van der Waals surface area contributed by atoms with Gasteiger partial charge < -0.3 is 9.47 Å². The van der Waals surface area contributed by atoms with Crippen LogP contribution in [-0.4, -0.2) is 32.1 Å². The molecule has 2 nitrogen and oxygen atoms in total. The van der Waals surface area contributed by atoms with Crippen LogP contribution >= 0.6 is 0 Å². The third-order valence-corrected chi connectivity index (χ3v) is 2.83. The van der Waals surface area contributed by atoms with E-state index in [0.29, 0.717) is 19.6 Å². The summed E-state index contributed by atoms with van der Waals surface area (Å²) in [4.78, 5) is 0. The van der Waals surface area contributed by atoms with Gasteiger partial charge in [-0.15, -0.1) is 0 Å². The topological polar surface area (TPSA) is 18.5 Å². The van der Waals surface area contributed by atoms with E-state index in [9.17, 15) is 13.2 Å². The molecule has 0 spiro atoms. The summed E-state index contributed by atoms with van der Waals surface area (Å²) in [6, 6.07) is 0. The SMILES string of the molecule is FC(F)(F)CCCCCCOCC1CCCO1. The van der Waals surface area contributed by atoms with Crippen LogP contribution in [0.2, 0.25) is 0 Å². The summed E-state index contributed by atoms with van der Waals surface area (Å²) >= 11 is 0. The summed E-state index contributed by atoms with van der Waals surface area (Å²) in [5.41, 5.74) is 0. The van der Waals surface area contributed by atoms with E-state index < -0.39 is 12.6 Å². The molecule has 0 bridgehead atoms. The van der Waals surface area contributed by atoms with Gasteiger partial charge in [-0.2, -0.15) is 13.2 Å². The van der Waals surface area contributed by atoms with Crippen molar-refractivity contribution in [2.24, 2.45) is 0 Å². The summed E-state index contributed by atoms with van der Waals surface area (Å²) in [6.45, 7) is 2.08. The van der Waals surface area contributed by atoms with E-state index >= 15 is 0 Å². The van der Waals surface area contributed by atoms with Crippen molar-refractivity contribution < 1.29 is 22.6 Å². The van der Waals surface area contributed by atoms with Crippen LogP contribution in [-0.2, 0) is 9.47 Å². The summed E-state index contributed by atoms with van der Waals surface area (Å²) in [6.07, 6.45) is 0.238. The van der Waals surface area contributed by atoms with E-state index in [0.717, 1.165) is 32.3 Å². The minimum atomic E-state index is -4.00. The monoisotopic (exact) mass is 254 g/mol. The lowest BCUT2D eigenvalue weighted by atomic mass is 10.1. The Morgan fingerprint density at radius 2 is 1.88 bits per heavy atom. The zero-order chi connectivity index (χ0) is 12.6. The predicted octanol–water partition coefficient (Wildman–Crippen LogP) is 3.69. The normalized spacial score (nSPS) is 21.0. The van der Waals surface area contributed by atoms with E-state index in [4.69, 9.17) is 9.47 Å². The van der Waals surface area contributed by atoms with Gasteiger partial charge in [-0.1, -0.05) is 12.8 Å². The number of rotatable bonds is 8. The molecule has 0 radical (unpaired) electrons. The van der Waals surface area contributed by atoms with Gasteiger partial charge in [-0.3, -0.25) is 0 Å². The molecule has 1 atom stereocenters. The van der Waals surface area contributed by atoms with E-state index in [1.165, 1.54) is 0 Å². The van der Waals surface area contributed by atoms with Crippen molar-refractivity contribution in [1.82, 2.24) is 0 Å². The highest BCUT2D eigenvalue weighted by molar-refractivity contribution is 4.63. The van der Waals surface area contributed by atoms with Gasteiger partial charge in [0.05, 0.1) is 12.7 Å². The molecule has 1 unspecified atom stereocenters. The Morgan fingerprint density at radius 1 is 1.12 bits per heavy atom. The van der Waals surface area contributed by atoms with Crippen LogP contribution in [0.3, 0.4) is 0 Å². The highest BCUT2D eigenvalue weighted by Gasteiger charge is 2.25. The van der Waals surface area contributed by atoms with E-state index in [2.05, 4.69) is 0 Å². The number of unbranched alkanes of at least 4 members (excludes halogenated alkanes) is 3. The second kappa shape index (κ2) is 7.93. The molecule has 0 aromatic carbocycles. The van der Waals surface area contributed by atoms with Gasteiger partial charge in [-0.05, 0) is 25.7 Å². The quantitative estimate of drug-likeness (QED) is 0.615. The molecule has 0 saturated carbocycles. The minimum Gasteiger partial charge on any atom is -0.379 e. The molecule has 0 aromatic rings.